The molecule has 0 bridgehead atoms. The molecule has 1 saturated heterocycles. The minimum atomic E-state index is 0.0237. The third kappa shape index (κ3) is 3.35. The summed E-state index contributed by atoms with van der Waals surface area (Å²) in [4.78, 5) is 16.7. The lowest BCUT2D eigenvalue weighted by Gasteiger charge is -2.34. The average molecular weight is 305 g/mol. The molecule has 1 aromatic rings. The summed E-state index contributed by atoms with van der Waals surface area (Å²) >= 11 is 0. The van der Waals surface area contributed by atoms with Gasteiger partial charge in [0, 0.05) is 31.1 Å². The van der Waals surface area contributed by atoms with Crippen LogP contribution in [-0.4, -0.2) is 28.3 Å². The van der Waals surface area contributed by atoms with Gasteiger partial charge in [-0.3, -0.25) is 4.79 Å². The van der Waals surface area contributed by atoms with E-state index in [4.69, 9.17) is 4.74 Å². The molecule has 1 aliphatic heterocycles. The van der Waals surface area contributed by atoms with Crippen molar-refractivity contribution in [3.05, 3.63) is 22.7 Å². The lowest BCUT2D eigenvalue weighted by molar-refractivity contribution is -0.0271. The number of nitrogens with zero attached hydrogens (tertiary/aromatic N) is 2. The SMILES string of the molecule is CCC(CC)C1CC(Nc2nccn(C3CC3)c2=O)CCO1. The molecule has 1 saturated carbocycles. The maximum Gasteiger partial charge on any atom is 0.293 e. The standard InChI is InChI=1S/C17H27N3O2/c1-3-12(4-2)15-11-13(7-10-22-15)19-16-17(21)20(9-8-18-16)14-5-6-14/h8-9,12-15H,3-7,10-11H2,1-2H3,(H,18,19). The smallest absolute Gasteiger partial charge is 0.293 e. The van der Waals surface area contributed by atoms with Gasteiger partial charge < -0.3 is 14.6 Å². The molecule has 0 amide bonds. The predicted octanol–water partition coefficient (Wildman–Crippen LogP) is 2.97. The van der Waals surface area contributed by atoms with E-state index >= 15 is 0 Å². The number of hydrogen-bond acceptors (Lipinski definition) is 4. The first-order valence-corrected chi connectivity index (χ1v) is 8.68. The van der Waals surface area contributed by atoms with Crippen molar-refractivity contribution >= 4 is 5.82 Å². The second kappa shape index (κ2) is 6.82. The molecule has 2 fully saturated rings. The van der Waals surface area contributed by atoms with Crippen LogP contribution in [-0.2, 0) is 4.74 Å². The van der Waals surface area contributed by atoms with E-state index in [9.17, 15) is 4.79 Å². The molecule has 2 heterocycles. The normalized spacial score (nSPS) is 25.4. The van der Waals surface area contributed by atoms with Crippen LogP contribution >= 0.6 is 0 Å². The van der Waals surface area contributed by atoms with Gasteiger partial charge in [-0.2, -0.15) is 0 Å². The summed E-state index contributed by atoms with van der Waals surface area (Å²) in [6.45, 7) is 5.21. The lowest BCUT2D eigenvalue weighted by atomic mass is 9.89. The fourth-order valence-electron chi connectivity index (χ4n) is 3.46. The molecule has 2 aliphatic rings. The van der Waals surface area contributed by atoms with Crippen LogP contribution in [0.3, 0.4) is 0 Å². The quantitative estimate of drug-likeness (QED) is 0.878. The lowest BCUT2D eigenvalue weighted by Crippen LogP contribution is -2.39. The summed E-state index contributed by atoms with van der Waals surface area (Å²) < 4.78 is 7.77. The molecular weight excluding hydrogens is 278 g/mol. The third-order valence-corrected chi connectivity index (χ3v) is 5.04. The maximum atomic E-state index is 12.5. The zero-order valence-electron chi connectivity index (χ0n) is 13.6. The molecule has 1 N–H and O–H groups in total. The first-order valence-electron chi connectivity index (χ1n) is 8.68. The van der Waals surface area contributed by atoms with Crippen molar-refractivity contribution in [3.63, 3.8) is 0 Å². The van der Waals surface area contributed by atoms with Gasteiger partial charge in [0.05, 0.1) is 6.10 Å². The second-order valence-electron chi connectivity index (χ2n) is 6.57. The van der Waals surface area contributed by atoms with Gasteiger partial charge in [-0.25, -0.2) is 4.98 Å². The minimum absolute atomic E-state index is 0.0237. The number of anilines is 1. The zero-order valence-corrected chi connectivity index (χ0v) is 13.6. The van der Waals surface area contributed by atoms with Crippen molar-refractivity contribution in [1.29, 1.82) is 0 Å². The molecule has 0 radical (unpaired) electrons. The molecule has 1 aliphatic carbocycles. The van der Waals surface area contributed by atoms with E-state index in [0.29, 0.717) is 23.9 Å². The molecule has 22 heavy (non-hydrogen) atoms. The van der Waals surface area contributed by atoms with Crippen molar-refractivity contribution in [2.45, 2.75) is 70.6 Å². The first-order chi connectivity index (χ1) is 10.7. The van der Waals surface area contributed by atoms with E-state index < -0.39 is 0 Å². The summed E-state index contributed by atoms with van der Waals surface area (Å²) in [5.74, 6) is 1.11. The predicted molar refractivity (Wildman–Crippen MR) is 87.2 cm³/mol. The maximum absolute atomic E-state index is 12.5. The van der Waals surface area contributed by atoms with E-state index in [2.05, 4.69) is 24.1 Å². The van der Waals surface area contributed by atoms with Crippen LogP contribution < -0.4 is 10.9 Å². The van der Waals surface area contributed by atoms with E-state index in [0.717, 1.165) is 45.1 Å². The van der Waals surface area contributed by atoms with Gasteiger partial charge in [-0.15, -0.1) is 0 Å². The Morgan fingerprint density at radius 2 is 2.14 bits per heavy atom. The second-order valence-corrected chi connectivity index (χ2v) is 6.57. The highest BCUT2D eigenvalue weighted by Crippen LogP contribution is 2.33. The summed E-state index contributed by atoms with van der Waals surface area (Å²) in [6.07, 6.45) is 10.3. The fourth-order valence-corrected chi connectivity index (χ4v) is 3.46. The van der Waals surface area contributed by atoms with Gasteiger partial charge in [0.25, 0.3) is 5.56 Å². The number of nitrogens with one attached hydrogen (secondary N) is 1. The summed E-state index contributed by atoms with van der Waals surface area (Å²) in [7, 11) is 0. The monoisotopic (exact) mass is 305 g/mol. The highest BCUT2D eigenvalue weighted by Gasteiger charge is 2.29. The van der Waals surface area contributed by atoms with Crippen molar-refractivity contribution in [2.75, 3.05) is 11.9 Å². The van der Waals surface area contributed by atoms with Gasteiger partial charge in [-0.05, 0) is 31.6 Å². The topological polar surface area (TPSA) is 56.2 Å². The van der Waals surface area contributed by atoms with Crippen LogP contribution in [0.15, 0.2) is 17.2 Å². The van der Waals surface area contributed by atoms with Crippen molar-refractivity contribution in [2.24, 2.45) is 5.92 Å². The van der Waals surface area contributed by atoms with Crippen LogP contribution in [0.2, 0.25) is 0 Å². The number of hydrogen-bond donors (Lipinski definition) is 1. The summed E-state index contributed by atoms with van der Waals surface area (Å²) in [5, 5.41) is 3.38. The number of aromatic nitrogens is 2. The van der Waals surface area contributed by atoms with E-state index in [-0.39, 0.29) is 11.6 Å². The van der Waals surface area contributed by atoms with Gasteiger partial charge >= 0.3 is 0 Å². The van der Waals surface area contributed by atoms with Crippen molar-refractivity contribution in [1.82, 2.24) is 9.55 Å². The number of rotatable bonds is 6. The molecule has 1 aromatic heterocycles. The Balaban J connectivity index is 1.68. The molecule has 0 aromatic carbocycles. The number of ether oxygens (including phenoxy) is 1. The van der Waals surface area contributed by atoms with Gasteiger partial charge in [0.15, 0.2) is 5.82 Å². The minimum Gasteiger partial charge on any atom is -0.378 e. The molecule has 2 unspecified atom stereocenters. The average Bonchev–Trinajstić information content (AvgIpc) is 3.36. The van der Waals surface area contributed by atoms with E-state index in [1.807, 2.05) is 10.8 Å². The Morgan fingerprint density at radius 1 is 1.36 bits per heavy atom. The highest BCUT2D eigenvalue weighted by atomic mass is 16.5. The van der Waals surface area contributed by atoms with Crippen LogP contribution in [0.1, 0.15) is 58.4 Å². The molecule has 2 atom stereocenters. The molecule has 3 rings (SSSR count). The van der Waals surface area contributed by atoms with Crippen LogP contribution in [0, 0.1) is 5.92 Å². The van der Waals surface area contributed by atoms with Gasteiger partial charge in [0.1, 0.15) is 0 Å². The van der Waals surface area contributed by atoms with Gasteiger partial charge in [-0.1, -0.05) is 26.7 Å². The van der Waals surface area contributed by atoms with Crippen LogP contribution in [0.25, 0.3) is 0 Å². The zero-order chi connectivity index (χ0) is 15.5. The Bertz CT molecular complexity index is 549. The summed E-state index contributed by atoms with van der Waals surface area (Å²) in [6, 6.07) is 0.678. The van der Waals surface area contributed by atoms with E-state index in [1.54, 1.807) is 6.20 Å². The van der Waals surface area contributed by atoms with Crippen LogP contribution in [0.4, 0.5) is 5.82 Å². The Morgan fingerprint density at radius 3 is 2.82 bits per heavy atom. The fraction of sp³-hybridized carbons (Fsp3) is 0.765. The molecule has 0 spiro atoms. The largest absolute Gasteiger partial charge is 0.378 e. The van der Waals surface area contributed by atoms with Crippen LogP contribution in [0.5, 0.6) is 0 Å². The first kappa shape index (κ1) is 15.5. The van der Waals surface area contributed by atoms with Crippen molar-refractivity contribution < 1.29 is 4.74 Å². The highest BCUT2D eigenvalue weighted by molar-refractivity contribution is 5.33. The summed E-state index contributed by atoms with van der Waals surface area (Å²) in [5.41, 5.74) is 0.0237. The molecule has 5 nitrogen and oxygen atoms in total. The molecule has 122 valence electrons. The molecule has 5 heteroatoms. The Hall–Kier alpha value is -1.36. The van der Waals surface area contributed by atoms with E-state index in [1.165, 1.54) is 0 Å². The van der Waals surface area contributed by atoms with Gasteiger partial charge in [0.2, 0.25) is 0 Å². The Labute approximate surface area is 132 Å². The molecular formula is C17H27N3O2. The van der Waals surface area contributed by atoms with Crippen molar-refractivity contribution in [3.8, 4) is 0 Å². The Kier molecular flexibility index (Phi) is 4.81. The third-order valence-electron chi connectivity index (χ3n) is 5.04.